The number of unbranched alkanes of at least 4 members (excludes halogenated alkanes) is 4. The summed E-state index contributed by atoms with van der Waals surface area (Å²) in [6.45, 7) is 5.46. The number of hydrogen-bond donors (Lipinski definition) is 1. The molecule has 1 atom stereocenters. The molecule has 0 aliphatic heterocycles. The normalized spacial score (nSPS) is 12.2. The van der Waals surface area contributed by atoms with Crippen molar-refractivity contribution in [3.8, 4) is 0 Å². The number of aliphatic hydroxyl groups excluding tert-OH is 1. The van der Waals surface area contributed by atoms with Crippen LogP contribution in [0.5, 0.6) is 0 Å². The Bertz CT molecular complexity index is 807. The molecule has 0 aliphatic carbocycles. The minimum absolute atomic E-state index is 0.0313. The molecule has 2 aromatic carbocycles. The van der Waals surface area contributed by atoms with Crippen LogP contribution < -0.4 is 4.90 Å². The van der Waals surface area contributed by atoms with E-state index < -0.39 is 4.92 Å². The van der Waals surface area contributed by atoms with Gasteiger partial charge in [-0.15, -0.1) is 0 Å². The summed E-state index contributed by atoms with van der Waals surface area (Å²) < 4.78 is 0. The van der Waals surface area contributed by atoms with Crippen LogP contribution in [-0.2, 0) is 0 Å². The SMILES string of the molecule is CCCCCCN(c1ccc(/N=N/c2ccc([N+](=O)[O-])cc2)cc1)C(CO)CCCC. The van der Waals surface area contributed by atoms with Crippen molar-refractivity contribution >= 4 is 22.7 Å². The van der Waals surface area contributed by atoms with E-state index in [9.17, 15) is 15.2 Å². The standard InChI is InChI=1S/C24H34N4O3/c1-3-5-7-8-18-27(24(19-29)9-6-4-2)22-14-10-20(11-15-22)25-26-21-12-16-23(17-13-21)28(30)31/h10-17,24,29H,3-9,18-19H2,1-2H3/b26-25+. The molecule has 1 unspecified atom stereocenters. The van der Waals surface area contributed by atoms with E-state index in [1.54, 1.807) is 12.1 Å². The van der Waals surface area contributed by atoms with E-state index in [4.69, 9.17) is 0 Å². The lowest BCUT2D eigenvalue weighted by atomic mass is 10.1. The highest BCUT2D eigenvalue weighted by molar-refractivity contribution is 5.54. The summed E-state index contributed by atoms with van der Waals surface area (Å²) in [5.74, 6) is 0. The van der Waals surface area contributed by atoms with E-state index in [1.807, 2.05) is 24.3 Å². The van der Waals surface area contributed by atoms with Crippen molar-refractivity contribution in [2.45, 2.75) is 64.8 Å². The Labute approximate surface area is 185 Å². The summed E-state index contributed by atoms with van der Waals surface area (Å²) in [5, 5.41) is 29.1. The molecule has 1 N–H and O–H groups in total. The van der Waals surface area contributed by atoms with Gasteiger partial charge in [0.15, 0.2) is 0 Å². The molecule has 0 radical (unpaired) electrons. The molecular formula is C24H34N4O3. The van der Waals surface area contributed by atoms with Crippen LogP contribution in [0.15, 0.2) is 58.8 Å². The number of nitro benzene ring substituents is 1. The monoisotopic (exact) mass is 426 g/mol. The van der Waals surface area contributed by atoms with E-state index in [2.05, 4.69) is 29.0 Å². The Morgan fingerprint density at radius 1 is 0.903 bits per heavy atom. The lowest BCUT2D eigenvalue weighted by molar-refractivity contribution is -0.384. The lowest BCUT2D eigenvalue weighted by Crippen LogP contribution is -2.38. The van der Waals surface area contributed by atoms with E-state index in [0.717, 1.165) is 37.9 Å². The van der Waals surface area contributed by atoms with Crippen LogP contribution in [0.3, 0.4) is 0 Å². The largest absolute Gasteiger partial charge is 0.394 e. The average Bonchev–Trinajstić information content (AvgIpc) is 2.80. The molecule has 7 nitrogen and oxygen atoms in total. The number of nitro groups is 1. The van der Waals surface area contributed by atoms with Gasteiger partial charge < -0.3 is 10.0 Å². The second-order valence-corrected chi connectivity index (χ2v) is 7.72. The predicted molar refractivity (Wildman–Crippen MR) is 126 cm³/mol. The van der Waals surface area contributed by atoms with Gasteiger partial charge in [-0.1, -0.05) is 46.0 Å². The third kappa shape index (κ3) is 8.09. The fraction of sp³-hybridized carbons (Fsp3) is 0.500. The van der Waals surface area contributed by atoms with Gasteiger partial charge in [-0.05, 0) is 49.2 Å². The molecule has 0 saturated heterocycles. The zero-order valence-electron chi connectivity index (χ0n) is 18.6. The van der Waals surface area contributed by atoms with Gasteiger partial charge in [0.2, 0.25) is 0 Å². The number of nitrogens with zero attached hydrogens (tertiary/aromatic N) is 4. The molecule has 0 spiro atoms. The van der Waals surface area contributed by atoms with Crippen molar-refractivity contribution < 1.29 is 10.0 Å². The maximum Gasteiger partial charge on any atom is 0.269 e. The van der Waals surface area contributed by atoms with Crippen molar-refractivity contribution in [1.29, 1.82) is 0 Å². The van der Waals surface area contributed by atoms with Crippen molar-refractivity contribution in [2.24, 2.45) is 10.2 Å². The first-order valence-electron chi connectivity index (χ1n) is 11.2. The van der Waals surface area contributed by atoms with Crippen molar-refractivity contribution in [3.05, 3.63) is 58.6 Å². The number of aliphatic hydroxyl groups is 1. The van der Waals surface area contributed by atoms with E-state index >= 15 is 0 Å². The maximum atomic E-state index is 10.7. The van der Waals surface area contributed by atoms with Crippen LogP contribution in [0.4, 0.5) is 22.7 Å². The molecule has 2 aromatic rings. The predicted octanol–water partition coefficient (Wildman–Crippen LogP) is 6.95. The number of anilines is 1. The molecule has 0 saturated carbocycles. The fourth-order valence-corrected chi connectivity index (χ4v) is 3.48. The van der Waals surface area contributed by atoms with Crippen molar-refractivity contribution in [2.75, 3.05) is 18.1 Å². The Morgan fingerprint density at radius 2 is 1.48 bits per heavy atom. The first kappa shape index (κ1) is 24.5. The Hall–Kier alpha value is -2.80. The quantitative estimate of drug-likeness (QED) is 0.153. The number of hydrogen-bond acceptors (Lipinski definition) is 6. The zero-order valence-corrected chi connectivity index (χ0v) is 18.6. The highest BCUT2D eigenvalue weighted by atomic mass is 16.6. The first-order chi connectivity index (χ1) is 15.1. The third-order valence-corrected chi connectivity index (χ3v) is 5.32. The fourth-order valence-electron chi connectivity index (χ4n) is 3.48. The number of non-ortho nitro benzene ring substituents is 1. The van der Waals surface area contributed by atoms with Gasteiger partial charge in [0.05, 0.1) is 28.9 Å². The molecule has 168 valence electrons. The van der Waals surface area contributed by atoms with E-state index in [0.29, 0.717) is 11.4 Å². The summed E-state index contributed by atoms with van der Waals surface area (Å²) in [6, 6.07) is 14.0. The van der Waals surface area contributed by atoms with Gasteiger partial charge >= 0.3 is 0 Å². The third-order valence-electron chi connectivity index (χ3n) is 5.32. The van der Waals surface area contributed by atoms with Crippen LogP contribution >= 0.6 is 0 Å². The smallest absolute Gasteiger partial charge is 0.269 e. The minimum Gasteiger partial charge on any atom is -0.394 e. The number of azo groups is 1. The molecule has 0 bridgehead atoms. The Kier molecular flexibility index (Phi) is 10.6. The topological polar surface area (TPSA) is 91.3 Å². The average molecular weight is 427 g/mol. The van der Waals surface area contributed by atoms with Gasteiger partial charge in [-0.3, -0.25) is 10.1 Å². The molecule has 0 heterocycles. The Balaban J connectivity index is 2.09. The van der Waals surface area contributed by atoms with Gasteiger partial charge in [0, 0.05) is 24.4 Å². The molecule has 0 aliphatic rings. The summed E-state index contributed by atoms with van der Waals surface area (Å²) in [7, 11) is 0. The van der Waals surface area contributed by atoms with E-state index in [1.165, 1.54) is 31.4 Å². The maximum absolute atomic E-state index is 10.7. The van der Waals surface area contributed by atoms with Crippen LogP contribution in [0, 0.1) is 10.1 Å². The molecular weight excluding hydrogens is 392 g/mol. The molecule has 31 heavy (non-hydrogen) atoms. The van der Waals surface area contributed by atoms with E-state index in [-0.39, 0.29) is 18.3 Å². The van der Waals surface area contributed by atoms with Gasteiger partial charge in [0.1, 0.15) is 0 Å². The molecule has 0 aromatic heterocycles. The summed E-state index contributed by atoms with van der Waals surface area (Å²) in [5.41, 5.74) is 2.39. The molecule has 0 amide bonds. The zero-order chi connectivity index (χ0) is 22.5. The van der Waals surface area contributed by atoms with Crippen molar-refractivity contribution in [3.63, 3.8) is 0 Å². The Morgan fingerprint density at radius 3 is 2.00 bits per heavy atom. The minimum atomic E-state index is -0.437. The lowest BCUT2D eigenvalue weighted by Gasteiger charge is -2.33. The summed E-state index contributed by atoms with van der Waals surface area (Å²) >= 11 is 0. The highest BCUT2D eigenvalue weighted by Gasteiger charge is 2.17. The van der Waals surface area contributed by atoms with Crippen molar-refractivity contribution in [1.82, 2.24) is 0 Å². The summed E-state index contributed by atoms with van der Waals surface area (Å²) in [6.07, 6.45) is 7.92. The molecule has 7 heteroatoms. The van der Waals surface area contributed by atoms with Gasteiger partial charge in [0.25, 0.3) is 5.69 Å². The van der Waals surface area contributed by atoms with Crippen LogP contribution in [0.2, 0.25) is 0 Å². The molecule has 0 fully saturated rings. The summed E-state index contributed by atoms with van der Waals surface area (Å²) in [4.78, 5) is 12.6. The highest BCUT2D eigenvalue weighted by Crippen LogP contribution is 2.26. The van der Waals surface area contributed by atoms with Crippen LogP contribution in [0.25, 0.3) is 0 Å². The number of rotatable bonds is 14. The molecule has 2 rings (SSSR count). The second-order valence-electron chi connectivity index (χ2n) is 7.72. The first-order valence-corrected chi connectivity index (χ1v) is 11.2. The van der Waals surface area contributed by atoms with Gasteiger partial charge in [-0.25, -0.2) is 0 Å². The van der Waals surface area contributed by atoms with Crippen LogP contribution in [-0.4, -0.2) is 29.2 Å². The van der Waals surface area contributed by atoms with Gasteiger partial charge in [-0.2, -0.15) is 10.2 Å². The number of benzene rings is 2. The van der Waals surface area contributed by atoms with Crippen LogP contribution in [0.1, 0.15) is 58.8 Å². The second kappa shape index (κ2) is 13.5.